The van der Waals surface area contributed by atoms with Crippen LogP contribution >= 0.6 is 0 Å². The minimum absolute atomic E-state index is 0.0869. The van der Waals surface area contributed by atoms with Crippen molar-refractivity contribution in [2.24, 2.45) is 0 Å². The molecule has 2 aromatic carbocycles. The van der Waals surface area contributed by atoms with Crippen LogP contribution in [-0.4, -0.2) is 35.2 Å². The number of aliphatic hydroxyl groups is 1. The summed E-state index contributed by atoms with van der Waals surface area (Å²) in [5, 5.41) is 10.6. The maximum atomic E-state index is 14.6. The second kappa shape index (κ2) is 6.92. The van der Waals surface area contributed by atoms with E-state index < -0.39 is 17.8 Å². The number of carbonyl (C=O) groups is 1. The van der Waals surface area contributed by atoms with Gasteiger partial charge in [-0.15, -0.1) is 0 Å². The number of hydrogen-bond acceptors (Lipinski definition) is 3. The number of hydrogen-bond donors (Lipinski definition) is 1. The Kier molecular flexibility index (Phi) is 4.47. The van der Waals surface area contributed by atoms with Crippen LogP contribution in [0.4, 0.5) is 4.39 Å². The van der Waals surface area contributed by atoms with Gasteiger partial charge in [-0.2, -0.15) is 0 Å². The average molecular weight is 353 g/mol. The van der Waals surface area contributed by atoms with E-state index in [0.717, 1.165) is 12.8 Å². The molecule has 2 unspecified atom stereocenters. The molecule has 4 nitrogen and oxygen atoms in total. The van der Waals surface area contributed by atoms with Crippen LogP contribution in [0.3, 0.4) is 0 Å². The Morgan fingerprint density at radius 3 is 2.54 bits per heavy atom. The second-order valence-electron chi connectivity index (χ2n) is 6.64. The number of ether oxygens (including phenoxy) is 1. The molecule has 1 fully saturated rings. The van der Waals surface area contributed by atoms with Crippen LogP contribution < -0.4 is 0 Å². The van der Waals surface area contributed by atoms with Gasteiger partial charge in [-0.3, -0.25) is 4.79 Å². The Balaban J connectivity index is 1.80. The molecule has 2 heterocycles. The van der Waals surface area contributed by atoms with Crippen LogP contribution in [0, 0.1) is 5.82 Å². The van der Waals surface area contributed by atoms with Gasteiger partial charge in [0.1, 0.15) is 5.82 Å². The number of halogens is 1. The fraction of sp³-hybridized carbons (Fsp3) is 0.286. The maximum absolute atomic E-state index is 14.6. The highest BCUT2D eigenvalue weighted by atomic mass is 19.1. The molecule has 134 valence electrons. The highest BCUT2D eigenvalue weighted by molar-refractivity contribution is 6.05. The minimum atomic E-state index is -0.671. The first-order chi connectivity index (χ1) is 12.7. The molecule has 1 saturated heterocycles. The van der Waals surface area contributed by atoms with E-state index in [0.29, 0.717) is 29.9 Å². The van der Waals surface area contributed by atoms with Crippen molar-refractivity contribution in [1.82, 2.24) is 4.90 Å². The molecule has 1 N–H and O–H groups in total. The van der Waals surface area contributed by atoms with Crippen LogP contribution in [0.5, 0.6) is 0 Å². The van der Waals surface area contributed by atoms with Crippen molar-refractivity contribution in [3.63, 3.8) is 0 Å². The quantitative estimate of drug-likeness (QED) is 0.908. The number of amides is 1. The van der Waals surface area contributed by atoms with Crippen molar-refractivity contribution in [1.29, 1.82) is 0 Å². The minimum Gasteiger partial charge on any atom is -0.503 e. The lowest BCUT2D eigenvalue weighted by Gasteiger charge is -2.29. The van der Waals surface area contributed by atoms with E-state index in [4.69, 9.17) is 4.74 Å². The molecule has 0 aliphatic carbocycles. The van der Waals surface area contributed by atoms with E-state index in [1.54, 1.807) is 18.2 Å². The van der Waals surface area contributed by atoms with Crippen LogP contribution in [-0.2, 0) is 9.53 Å². The van der Waals surface area contributed by atoms with E-state index in [1.807, 2.05) is 30.3 Å². The molecule has 26 heavy (non-hydrogen) atoms. The summed E-state index contributed by atoms with van der Waals surface area (Å²) >= 11 is 0. The van der Waals surface area contributed by atoms with E-state index in [-0.39, 0.29) is 11.9 Å². The second-order valence-corrected chi connectivity index (χ2v) is 6.64. The third-order valence-corrected chi connectivity index (χ3v) is 5.01. The standard InChI is InChI=1S/C21H20FNO3/c22-17-11-5-4-10-16(17)19-18(14-7-2-1-3-8-14)20(24)21(25)23(19)13-15-9-6-12-26-15/h1-5,7-8,10-11,15,19,24H,6,9,12-13H2. The monoisotopic (exact) mass is 353 g/mol. The Labute approximate surface area is 151 Å². The van der Waals surface area contributed by atoms with Gasteiger partial charge in [0.05, 0.1) is 12.1 Å². The Morgan fingerprint density at radius 2 is 1.85 bits per heavy atom. The summed E-state index contributed by atoms with van der Waals surface area (Å²) in [6, 6.07) is 14.9. The van der Waals surface area contributed by atoms with E-state index in [2.05, 4.69) is 0 Å². The first-order valence-corrected chi connectivity index (χ1v) is 8.82. The fourth-order valence-electron chi connectivity index (χ4n) is 3.78. The highest BCUT2D eigenvalue weighted by Crippen LogP contribution is 2.44. The molecule has 0 bridgehead atoms. The molecule has 1 amide bonds. The molecule has 0 spiro atoms. The van der Waals surface area contributed by atoms with Crippen LogP contribution in [0.25, 0.3) is 5.57 Å². The van der Waals surface area contributed by atoms with Crippen molar-refractivity contribution in [3.05, 3.63) is 77.3 Å². The highest BCUT2D eigenvalue weighted by Gasteiger charge is 2.43. The smallest absolute Gasteiger partial charge is 0.289 e. The first kappa shape index (κ1) is 16.8. The van der Waals surface area contributed by atoms with Crippen molar-refractivity contribution in [2.75, 3.05) is 13.2 Å². The third kappa shape index (κ3) is 2.88. The van der Waals surface area contributed by atoms with Gasteiger partial charge < -0.3 is 14.7 Å². The number of benzene rings is 2. The molecule has 0 aromatic heterocycles. The summed E-state index contributed by atoms with van der Waals surface area (Å²) < 4.78 is 20.3. The zero-order chi connectivity index (χ0) is 18.1. The predicted molar refractivity (Wildman–Crippen MR) is 95.8 cm³/mol. The number of nitrogens with zero attached hydrogens (tertiary/aromatic N) is 1. The van der Waals surface area contributed by atoms with Crippen LogP contribution in [0.1, 0.15) is 30.0 Å². The van der Waals surface area contributed by atoms with Gasteiger partial charge >= 0.3 is 0 Å². The normalized spacial score (nSPS) is 23.1. The van der Waals surface area contributed by atoms with Gasteiger partial charge in [-0.05, 0) is 24.5 Å². The van der Waals surface area contributed by atoms with Gasteiger partial charge in [0.2, 0.25) is 0 Å². The third-order valence-electron chi connectivity index (χ3n) is 5.01. The lowest BCUT2D eigenvalue weighted by molar-refractivity contribution is -0.131. The topological polar surface area (TPSA) is 49.8 Å². The molecule has 5 heteroatoms. The molecular weight excluding hydrogens is 333 g/mol. The molecule has 2 aromatic rings. The van der Waals surface area contributed by atoms with Crippen molar-refractivity contribution in [2.45, 2.75) is 25.0 Å². The van der Waals surface area contributed by atoms with Crippen molar-refractivity contribution in [3.8, 4) is 0 Å². The number of carbonyl (C=O) groups excluding carboxylic acids is 1. The van der Waals surface area contributed by atoms with Crippen LogP contribution in [0.2, 0.25) is 0 Å². The number of aliphatic hydroxyl groups excluding tert-OH is 1. The van der Waals surface area contributed by atoms with Crippen LogP contribution in [0.15, 0.2) is 60.4 Å². The van der Waals surface area contributed by atoms with Gasteiger partial charge in [-0.1, -0.05) is 48.5 Å². The maximum Gasteiger partial charge on any atom is 0.289 e. The molecule has 0 radical (unpaired) electrons. The Bertz CT molecular complexity index is 843. The van der Waals surface area contributed by atoms with Gasteiger partial charge in [0.15, 0.2) is 5.76 Å². The van der Waals surface area contributed by atoms with Crippen molar-refractivity contribution < 1.29 is 19.0 Å². The van der Waals surface area contributed by atoms with E-state index in [9.17, 15) is 14.3 Å². The summed E-state index contributed by atoms with van der Waals surface area (Å²) in [6.45, 7) is 1.00. The summed E-state index contributed by atoms with van der Waals surface area (Å²) in [5.74, 6) is -1.19. The molecule has 2 atom stereocenters. The molecular formula is C21H20FNO3. The zero-order valence-corrected chi connectivity index (χ0v) is 14.3. The molecule has 0 saturated carbocycles. The Morgan fingerprint density at radius 1 is 1.12 bits per heavy atom. The van der Waals surface area contributed by atoms with E-state index >= 15 is 0 Å². The average Bonchev–Trinajstić information content (AvgIpc) is 3.25. The predicted octanol–water partition coefficient (Wildman–Crippen LogP) is 3.86. The molecule has 2 aliphatic heterocycles. The summed E-state index contributed by atoms with van der Waals surface area (Å²) in [5.41, 5.74) is 1.53. The lowest BCUT2D eigenvalue weighted by Crippen LogP contribution is -2.37. The summed E-state index contributed by atoms with van der Waals surface area (Å²) in [4.78, 5) is 14.3. The fourth-order valence-corrected chi connectivity index (χ4v) is 3.78. The van der Waals surface area contributed by atoms with Gasteiger partial charge in [-0.25, -0.2) is 4.39 Å². The zero-order valence-electron chi connectivity index (χ0n) is 14.3. The SMILES string of the molecule is O=C1C(O)=C(c2ccccc2)C(c2ccccc2F)N1CC1CCCO1. The summed E-state index contributed by atoms with van der Waals surface area (Å²) in [7, 11) is 0. The van der Waals surface area contributed by atoms with Gasteiger partial charge in [0, 0.05) is 24.3 Å². The first-order valence-electron chi connectivity index (χ1n) is 8.82. The number of rotatable bonds is 4. The van der Waals surface area contributed by atoms with E-state index in [1.165, 1.54) is 11.0 Å². The van der Waals surface area contributed by atoms with Gasteiger partial charge in [0.25, 0.3) is 5.91 Å². The van der Waals surface area contributed by atoms with Crippen molar-refractivity contribution >= 4 is 11.5 Å². The molecule has 2 aliphatic rings. The largest absolute Gasteiger partial charge is 0.503 e. The lowest BCUT2D eigenvalue weighted by atomic mass is 9.93. The molecule has 4 rings (SSSR count). The Hall–Kier alpha value is -2.66. The summed E-state index contributed by atoms with van der Waals surface area (Å²) in [6.07, 6.45) is 1.72.